The van der Waals surface area contributed by atoms with E-state index in [4.69, 9.17) is 22.7 Å². The molecule has 1 aromatic rings. The van der Waals surface area contributed by atoms with Crippen LogP contribution in [0.4, 0.5) is 0 Å². The van der Waals surface area contributed by atoms with Gasteiger partial charge < -0.3 is 10.5 Å². The predicted molar refractivity (Wildman–Crippen MR) is 67.6 cm³/mol. The van der Waals surface area contributed by atoms with Gasteiger partial charge in [-0.1, -0.05) is 18.6 Å². The Balaban J connectivity index is 2.10. The molecule has 0 amide bonds. The molecule has 1 aliphatic carbocycles. The van der Waals surface area contributed by atoms with Gasteiger partial charge in [0.05, 0.1) is 6.10 Å². The molecule has 16 heavy (non-hydrogen) atoms. The summed E-state index contributed by atoms with van der Waals surface area (Å²) in [6.45, 7) is 0. The van der Waals surface area contributed by atoms with Crippen LogP contribution in [0, 0.1) is 0 Å². The SMILES string of the molecule is NC(=S)c1ncccc1OC1CCCCC1. The molecule has 1 heterocycles. The maximum absolute atomic E-state index is 5.92. The van der Waals surface area contributed by atoms with Gasteiger partial charge in [-0.15, -0.1) is 0 Å². The fourth-order valence-corrected chi connectivity index (χ4v) is 2.19. The van der Waals surface area contributed by atoms with Crippen molar-refractivity contribution in [2.45, 2.75) is 38.2 Å². The van der Waals surface area contributed by atoms with E-state index in [1.165, 1.54) is 19.3 Å². The fraction of sp³-hybridized carbons (Fsp3) is 0.500. The van der Waals surface area contributed by atoms with E-state index in [9.17, 15) is 0 Å². The Morgan fingerprint density at radius 3 is 2.81 bits per heavy atom. The standard InChI is InChI=1S/C12H16N2OS/c13-12(16)11-10(7-4-8-14-11)15-9-5-2-1-3-6-9/h4,7-9H,1-3,5-6H2,(H2,13,16). The number of ether oxygens (including phenoxy) is 1. The molecule has 0 aliphatic heterocycles. The molecule has 1 aliphatic rings. The summed E-state index contributed by atoms with van der Waals surface area (Å²) in [5.74, 6) is 0.724. The van der Waals surface area contributed by atoms with E-state index in [-0.39, 0.29) is 0 Å². The number of aromatic nitrogens is 1. The van der Waals surface area contributed by atoms with Crippen molar-refractivity contribution in [2.75, 3.05) is 0 Å². The molecule has 4 heteroatoms. The zero-order chi connectivity index (χ0) is 11.4. The zero-order valence-corrected chi connectivity index (χ0v) is 10.0. The lowest BCUT2D eigenvalue weighted by Crippen LogP contribution is -2.22. The minimum absolute atomic E-state index is 0.297. The fourth-order valence-electron chi connectivity index (χ4n) is 2.03. The van der Waals surface area contributed by atoms with Gasteiger partial charge >= 0.3 is 0 Å². The van der Waals surface area contributed by atoms with E-state index in [2.05, 4.69) is 4.98 Å². The molecule has 0 bridgehead atoms. The highest BCUT2D eigenvalue weighted by atomic mass is 32.1. The molecule has 3 nitrogen and oxygen atoms in total. The Labute approximate surface area is 101 Å². The van der Waals surface area contributed by atoms with Crippen molar-refractivity contribution >= 4 is 17.2 Å². The third-order valence-electron chi connectivity index (χ3n) is 2.85. The van der Waals surface area contributed by atoms with Crippen LogP contribution in [0.5, 0.6) is 5.75 Å². The van der Waals surface area contributed by atoms with Gasteiger partial charge in [-0.3, -0.25) is 0 Å². The smallest absolute Gasteiger partial charge is 0.148 e. The van der Waals surface area contributed by atoms with Crippen molar-refractivity contribution in [3.05, 3.63) is 24.0 Å². The van der Waals surface area contributed by atoms with Gasteiger partial charge in [0.25, 0.3) is 0 Å². The number of rotatable bonds is 3. The summed E-state index contributed by atoms with van der Waals surface area (Å²) in [6, 6.07) is 3.73. The second-order valence-corrected chi connectivity index (χ2v) is 4.53. The molecule has 2 rings (SSSR count). The molecule has 0 saturated heterocycles. The van der Waals surface area contributed by atoms with Gasteiger partial charge in [-0.05, 0) is 37.8 Å². The van der Waals surface area contributed by atoms with Gasteiger partial charge in [0, 0.05) is 6.20 Å². The summed E-state index contributed by atoms with van der Waals surface area (Å²) in [7, 11) is 0. The Hall–Kier alpha value is -1.16. The van der Waals surface area contributed by atoms with Crippen LogP contribution in [0.3, 0.4) is 0 Å². The lowest BCUT2D eigenvalue weighted by atomic mass is 9.98. The highest BCUT2D eigenvalue weighted by Crippen LogP contribution is 2.24. The topological polar surface area (TPSA) is 48.1 Å². The van der Waals surface area contributed by atoms with E-state index in [0.717, 1.165) is 18.6 Å². The van der Waals surface area contributed by atoms with Crippen LogP contribution < -0.4 is 10.5 Å². The molecule has 0 radical (unpaired) electrons. The number of hydrogen-bond donors (Lipinski definition) is 1. The molecule has 0 atom stereocenters. The summed E-state index contributed by atoms with van der Waals surface area (Å²) in [4.78, 5) is 4.45. The van der Waals surface area contributed by atoms with Gasteiger partial charge in [0.2, 0.25) is 0 Å². The molecule has 2 N–H and O–H groups in total. The second-order valence-electron chi connectivity index (χ2n) is 4.09. The quantitative estimate of drug-likeness (QED) is 0.819. The van der Waals surface area contributed by atoms with E-state index >= 15 is 0 Å². The van der Waals surface area contributed by atoms with Gasteiger partial charge in [-0.25, -0.2) is 4.98 Å². The van der Waals surface area contributed by atoms with Gasteiger partial charge in [-0.2, -0.15) is 0 Å². The summed E-state index contributed by atoms with van der Waals surface area (Å²) in [5, 5.41) is 0. The third kappa shape index (κ3) is 2.70. The summed E-state index contributed by atoms with van der Waals surface area (Å²) >= 11 is 4.95. The Kier molecular flexibility index (Phi) is 3.72. The molecule has 0 aromatic carbocycles. The number of nitrogens with zero attached hydrogens (tertiary/aromatic N) is 1. The van der Waals surface area contributed by atoms with Crippen molar-refractivity contribution < 1.29 is 4.74 Å². The highest BCUT2D eigenvalue weighted by Gasteiger charge is 2.17. The number of nitrogens with two attached hydrogens (primary N) is 1. The Morgan fingerprint density at radius 1 is 1.38 bits per heavy atom. The van der Waals surface area contributed by atoms with Gasteiger partial charge in [0.1, 0.15) is 16.4 Å². The molecule has 0 spiro atoms. The van der Waals surface area contributed by atoms with Crippen LogP contribution in [0.2, 0.25) is 0 Å². The Bertz CT molecular complexity index is 375. The van der Waals surface area contributed by atoms with Crippen LogP contribution >= 0.6 is 12.2 Å². The number of pyridine rings is 1. The summed E-state index contributed by atoms with van der Waals surface area (Å²) in [6.07, 6.45) is 8.01. The minimum atomic E-state index is 0.297. The molecular formula is C12H16N2OS. The first kappa shape index (κ1) is 11.3. The van der Waals surface area contributed by atoms with Crippen molar-refractivity contribution in [3.63, 3.8) is 0 Å². The maximum atomic E-state index is 5.92. The number of thiocarbonyl (C=S) groups is 1. The molecule has 0 unspecified atom stereocenters. The minimum Gasteiger partial charge on any atom is -0.488 e. The lowest BCUT2D eigenvalue weighted by molar-refractivity contribution is 0.154. The molecule has 1 saturated carbocycles. The van der Waals surface area contributed by atoms with Crippen LogP contribution in [0.15, 0.2) is 18.3 Å². The molecule has 1 fully saturated rings. The van der Waals surface area contributed by atoms with Crippen molar-refractivity contribution in [1.29, 1.82) is 0 Å². The van der Waals surface area contributed by atoms with Crippen LogP contribution in [-0.2, 0) is 0 Å². The molecular weight excluding hydrogens is 220 g/mol. The van der Waals surface area contributed by atoms with Gasteiger partial charge in [0.15, 0.2) is 0 Å². The van der Waals surface area contributed by atoms with Crippen molar-refractivity contribution in [3.8, 4) is 5.75 Å². The van der Waals surface area contributed by atoms with E-state index < -0.39 is 0 Å². The van der Waals surface area contributed by atoms with Crippen LogP contribution in [0.1, 0.15) is 37.8 Å². The monoisotopic (exact) mass is 236 g/mol. The van der Waals surface area contributed by atoms with Crippen LogP contribution in [-0.4, -0.2) is 16.1 Å². The van der Waals surface area contributed by atoms with Crippen LogP contribution in [0.25, 0.3) is 0 Å². The predicted octanol–water partition coefficient (Wildman–Crippen LogP) is 2.43. The van der Waals surface area contributed by atoms with E-state index in [0.29, 0.717) is 16.8 Å². The molecule has 86 valence electrons. The zero-order valence-electron chi connectivity index (χ0n) is 9.19. The normalized spacial score (nSPS) is 17.0. The second kappa shape index (κ2) is 5.25. The summed E-state index contributed by atoms with van der Waals surface area (Å²) in [5.41, 5.74) is 6.21. The lowest BCUT2D eigenvalue weighted by Gasteiger charge is -2.23. The van der Waals surface area contributed by atoms with Crippen molar-refractivity contribution in [2.24, 2.45) is 5.73 Å². The first-order chi connectivity index (χ1) is 7.77. The first-order valence-electron chi connectivity index (χ1n) is 5.69. The largest absolute Gasteiger partial charge is 0.488 e. The van der Waals surface area contributed by atoms with E-state index in [1.807, 2.05) is 12.1 Å². The van der Waals surface area contributed by atoms with Crippen molar-refractivity contribution in [1.82, 2.24) is 4.98 Å². The average molecular weight is 236 g/mol. The summed E-state index contributed by atoms with van der Waals surface area (Å²) < 4.78 is 5.92. The average Bonchev–Trinajstić information content (AvgIpc) is 2.31. The first-order valence-corrected chi connectivity index (χ1v) is 6.09. The molecule has 1 aromatic heterocycles. The maximum Gasteiger partial charge on any atom is 0.148 e. The highest BCUT2D eigenvalue weighted by molar-refractivity contribution is 7.80. The number of hydrogen-bond acceptors (Lipinski definition) is 3. The Morgan fingerprint density at radius 2 is 2.12 bits per heavy atom. The third-order valence-corrected chi connectivity index (χ3v) is 3.04. The van der Waals surface area contributed by atoms with E-state index in [1.54, 1.807) is 6.20 Å².